The lowest BCUT2D eigenvalue weighted by molar-refractivity contribution is -0.152. The Hall–Kier alpha value is -2.11. The molecular formula is C18H21ClN2O5S. The Morgan fingerprint density at radius 1 is 1.33 bits per heavy atom. The minimum Gasteiger partial charge on any atom is -0.466 e. The van der Waals surface area contributed by atoms with Crippen LogP contribution in [-0.2, 0) is 24.2 Å². The summed E-state index contributed by atoms with van der Waals surface area (Å²) in [6, 6.07) is 4.48. The van der Waals surface area contributed by atoms with E-state index in [2.05, 4.69) is 0 Å². The fourth-order valence-corrected chi connectivity index (χ4v) is 5.71. The van der Waals surface area contributed by atoms with Crippen LogP contribution in [0, 0.1) is 30.2 Å². The lowest BCUT2D eigenvalue weighted by Crippen LogP contribution is -2.35. The maximum absolute atomic E-state index is 13.1. The number of hydrogen-bond acceptors (Lipinski definition) is 6. The molecule has 0 unspecified atom stereocenters. The van der Waals surface area contributed by atoms with Crippen molar-refractivity contribution in [3.63, 3.8) is 0 Å². The van der Waals surface area contributed by atoms with Gasteiger partial charge in [-0.05, 0) is 50.5 Å². The predicted molar refractivity (Wildman–Crippen MR) is 98.4 cm³/mol. The molecule has 1 aromatic carbocycles. The van der Waals surface area contributed by atoms with Crippen LogP contribution in [0.1, 0.15) is 25.3 Å². The number of halogens is 1. The van der Waals surface area contributed by atoms with Crippen molar-refractivity contribution in [3.05, 3.63) is 28.8 Å². The molecule has 0 N–H and O–H groups in total. The van der Waals surface area contributed by atoms with E-state index in [1.165, 1.54) is 19.2 Å². The molecule has 2 rings (SSSR count). The fraction of sp³-hybridized carbons (Fsp3) is 0.500. The van der Waals surface area contributed by atoms with Crippen LogP contribution in [0.15, 0.2) is 23.1 Å². The SMILES string of the molecule is CCOC(=O)[C@@H]1C[C@H](S(=O)(=O)c2ccc(Cl)cc2C)C[C@H]1C(=O)N(C)C#N. The Morgan fingerprint density at radius 2 is 1.96 bits per heavy atom. The highest BCUT2D eigenvalue weighted by Crippen LogP contribution is 2.40. The van der Waals surface area contributed by atoms with E-state index in [9.17, 15) is 18.0 Å². The molecule has 1 aliphatic rings. The van der Waals surface area contributed by atoms with Crippen molar-refractivity contribution >= 4 is 33.3 Å². The van der Waals surface area contributed by atoms with Crippen molar-refractivity contribution in [1.29, 1.82) is 5.26 Å². The van der Waals surface area contributed by atoms with E-state index in [-0.39, 0.29) is 24.3 Å². The highest BCUT2D eigenvalue weighted by atomic mass is 35.5. The molecule has 0 saturated heterocycles. The second-order valence-electron chi connectivity index (χ2n) is 6.51. The summed E-state index contributed by atoms with van der Waals surface area (Å²) < 4.78 is 31.3. The van der Waals surface area contributed by atoms with Crippen molar-refractivity contribution in [1.82, 2.24) is 4.90 Å². The van der Waals surface area contributed by atoms with Gasteiger partial charge >= 0.3 is 5.97 Å². The Kier molecular flexibility index (Phi) is 6.50. The first-order valence-corrected chi connectivity index (χ1v) is 10.4. The maximum Gasteiger partial charge on any atom is 0.309 e. The van der Waals surface area contributed by atoms with Gasteiger partial charge in [0, 0.05) is 12.1 Å². The van der Waals surface area contributed by atoms with E-state index in [4.69, 9.17) is 21.6 Å². The summed E-state index contributed by atoms with van der Waals surface area (Å²) in [4.78, 5) is 25.7. The summed E-state index contributed by atoms with van der Waals surface area (Å²) in [7, 11) is -2.50. The van der Waals surface area contributed by atoms with Gasteiger partial charge in [0.05, 0.1) is 28.6 Å². The second-order valence-corrected chi connectivity index (χ2v) is 9.14. The van der Waals surface area contributed by atoms with Gasteiger partial charge in [-0.3, -0.25) is 14.5 Å². The summed E-state index contributed by atoms with van der Waals surface area (Å²) in [5.74, 6) is -3.02. The van der Waals surface area contributed by atoms with Crippen molar-refractivity contribution in [2.75, 3.05) is 13.7 Å². The van der Waals surface area contributed by atoms with Crippen LogP contribution in [-0.4, -0.2) is 44.1 Å². The minimum absolute atomic E-state index is 0.0289. The number of ether oxygens (including phenoxy) is 1. The van der Waals surface area contributed by atoms with Gasteiger partial charge < -0.3 is 4.74 Å². The summed E-state index contributed by atoms with van der Waals surface area (Å²) >= 11 is 5.90. The van der Waals surface area contributed by atoms with Crippen LogP contribution in [0.3, 0.4) is 0 Å². The zero-order valence-electron chi connectivity index (χ0n) is 15.3. The second kappa shape index (κ2) is 8.28. The summed E-state index contributed by atoms with van der Waals surface area (Å²) in [6.45, 7) is 3.40. The van der Waals surface area contributed by atoms with Crippen LogP contribution < -0.4 is 0 Å². The molecule has 0 aromatic heterocycles. The van der Waals surface area contributed by atoms with Crippen LogP contribution >= 0.6 is 11.6 Å². The lowest BCUT2D eigenvalue weighted by Gasteiger charge is -2.19. The minimum atomic E-state index is -3.79. The predicted octanol–water partition coefficient (Wildman–Crippen LogP) is 2.32. The number of sulfone groups is 1. The number of carbonyl (C=O) groups is 2. The van der Waals surface area contributed by atoms with Crippen molar-refractivity contribution < 1.29 is 22.7 Å². The fourth-order valence-electron chi connectivity index (χ4n) is 3.44. The highest BCUT2D eigenvalue weighted by molar-refractivity contribution is 7.92. The van der Waals surface area contributed by atoms with Crippen molar-refractivity contribution in [3.8, 4) is 6.19 Å². The molecule has 1 saturated carbocycles. The quantitative estimate of drug-likeness (QED) is 0.417. The molecular weight excluding hydrogens is 392 g/mol. The van der Waals surface area contributed by atoms with E-state index >= 15 is 0 Å². The Morgan fingerprint density at radius 3 is 2.52 bits per heavy atom. The van der Waals surface area contributed by atoms with Gasteiger partial charge in [0.25, 0.3) is 0 Å². The summed E-state index contributed by atoms with van der Waals surface area (Å²) in [6.07, 6.45) is 1.63. The van der Waals surface area contributed by atoms with Crippen molar-refractivity contribution in [2.45, 2.75) is 36.8 Å². The van der Waals surface area contributed by atoms with E-state index in [1.807, 2.05) is 0 Å². The molecule has 0 aliphatic heterocycles. The van der Waals surface area contributed by atoms with Gasteiger partial charge in [0.1, 0.15) is 0 Å². The van der Waals surface area contributed by atoms with Gasteiger partial charge in [0.15, 0.2) is 16.0 Å². The first kappa shape index (κ1) is 21.2. The van der Waals surface area contributed by atoms with Crippen LogP contribution in [0.25, 0.3) is 0 Å². The number of benzene rings is 1. The van der Waals surface area contributed by atoms with Gasteiger partial charge in [-0.15, -0.1) is 0 Å². The third-order valence-electron chi connectivity index (χ3n) is 4.79. The van der Waals surface area contributed by atoms with Gasteiger partial charge in [-0.1, -0.05) is 11.6 Å². The molecule has 1 aromatic rings. The largest absolute Gasteiger partial charge is 0.466 e. The van der Waals surface area contributed by atoms with Crippen LogP contribution in [0.2, 0.25) is 5.02 Å². The maximum atomic E-state index is 13.1. The molecule has 1 aliphatic carbocycles. The molecule has 1 amide bonds. The number of esters is 1. The highest BCUT2D eigenvalue weighted by Gasteiger charge is 2.49. The van der Waals surface area contributed by atoms with Gasteiger partial charge in [0.2, 0.25) is 5.91 Å². The van der Waals surface area contributed by atoms with Gasteiger partial charge in [-0.2, -0.15) is 5.26 Å². The Labute approximate surface area is 163 Å². The number of aryl methyl sites for hydroxylation is 1. The number of hydrogen-bond donors (Lipinski definition) is 0. The molecule has 1 fully saturated rings. The van der Waals surface area contributed by atoms with E-state index in [1.54, 1.807) is 26.1 Å². The molecule has 3 atom stereocenters. The number of carbonyl (C=O) groups excluding carboxylic acids is 2. The number of amides is 1. The molecule has 146 valence electrons. The van der Waals surface area contributed by atoms with Crippen LogP contribution in [0.4, 0.5) is 0 Å². The van der Waals surface area contributed by atoms with Gasteiger partial charge in [-0.25, -0.2) is 8.42 Å². The lowest BCUT2D eigenvalue weighted by atomic mass is 9.95. The Balaban J connectivity index is 2.39. The molecule has 27 heavy (non-hydrogen) atoms. The zero-order valence-corrected chi connectivity index (χ0v) is 16.9. The first-order valence-electron chi connectivity index (χ1n) is 8.47. The third kappa shape index (κ3) is 4.25. The Bertz CT molecular complexity index is 894. The average molecular weight is 413 g/mol. The number of rotatable bonds is 5. The summed E-state index contributed by atoms with van der Waals surface area (Å²) in [5, 5.41) is 8.47. The molecule has 9 heteroatoms. The summed E-state index contributed by atoms with van der Waals surface area (Å²) in [5.41, 5.74) is 0.499. The van der Waals surface area contributed by atoms with E-state index < -0.39 is 38.8 Å². The normalized spacial score (nSPS) is 22.1. The number of nitriles is 1. The topological polar surface area (TPSA) is 105 Å². The zero-order chi connectivity index (χ0) is 20.4. The molecule has 7 nitrogen and oxygen atoms in total. The van der Waals surface area contributed by atoms with Crippen LogP contribution in [0.5, 0.6) is 0 Å². The molecule has 0 bridgehead atoms. The average Bonchev–Trinajstić information content (AvgIpc) is 3.06. The smallest absolute Gasteiger partial charge is 0.309 e. The first-order chi connectivity index (χ1) is 12.6. The van der Waals surface area contributed by atoms with E-state index in [0.29, 0.717) is 10.6 Å². The molecule has 0 spiro atoms. The number of nitrogens with zero attached hydrogens (tertiary/aromatic N) is 2. The monoisotopic (exact) mass is 412 g/mol. The standard InChI is InChI=1S/C18H21ClN2O5S/c1-4-26-18(23)15-9-13(8-14(15)17(22)21(3)10-20)27(24,25)16-6-5-12(19)7-11(16)2/h5-7,13-15H,4,8-9H2,1-3H3/t13-,14-,15-/m1/s1. The van der Waals surface area contributed by atoms with Crippen molar-refractivity contribution in [2.24, 2.45) is 11.8 Å². The van der Waals surface area contributed by atoms with E-state index in [0.717, 1.165) is 4.90 Å². The molecule has 0 heterocycles. The molecule has 0 radical (unpaired) electrons. The third-order valence-corrected chi connectivity index (χ3v) is 7.36.